The molecule has 2 aromatic carbocycles. The maximum Gasteiger partial charge on any atom is 0.330 e. The minimum Gasteiger partial charge on any atom is -0.507 e. The van der Waals surface area contributed by atoms with Crippen LogP contribution >= 0.6 is 0 Å². The summed E-state index contributed by atoms with van der Waals surface area (Å²) in [6.07, 6.45) is 1.13. The number of rotatable bonds is 3. The molecule has 0 spiro atoms. The molecule has 86 valence electrons. The Morgan fingerprint density at radius 2 is 1.94 bits per heavy atom. The Morgan fingerprint density at radius 3 is 2.71 bits per heavy atom. The van der Waals surface area contributed by atoms with Gasteiger partial charge in [-0.05, 0) is 17.0 Å². The molecule has 0 aliphatic heterocycles. The number of hydrogen-bond donors (Lipinski definition) is 1. The Bertz CT molecular complexity index is 573. The average molecular weight is 228 g/mol. The lowest BCUT2D eigenvalue weighted by Crippen LogP contribution is -2.00. The Balaban J connectivity index is 2.37. The van der Waals surface area contributed by atoms with E-state index < -0.39 is 5.97 Å². The average Bonchev–Trinajstić information content (AvgIpc) is 2.36. The zero-order valence-electron chi connectivity index (χ0n) is 9.22. The SMILES string of the molecule is C=CC(=O)OCc1cccc2c(O)cccc12. The van der Waals surface area contributed by atoms with E-state index in [1.807, 2.05) is 24.3 Å². The molecule has 0 aliphatic carbocycles. The molecule has 0 atom stereocenters. The zero-order valence-corrected chi connectivity index (χ0v) is 9.22. The summed E-state index contributed by atoms with van der Waals surface area (Å²) in [7, 11) is 0. The third-order valence-corrected chi connectivity index (χ3v) is 2.53. The molecule has 2 aromatic rings. The lowest BCUT2D eigenvalue weighted by Gasteiger charge is -2.07. The fourth-order valence-electron chi connectivity index (χ4n) is 1.69. The van der Waals surface area contributed by atoms with E-state index in [0.29, 0.717) is 0 Å². The highest BCUT2D eigenvalue weighted by atomic mass is 16.5. The van der Waals surface area contributed by atoms with E-state index in [1.165, 1.54) is 0 Å². The van der Waals surface area contributed by atoms with Crippen molar-refractivity contribution in [3.05, 3.63) is 54.6 Å². The highest BCUT2D eigenvalue weighted by Crippen LogP contribution is 2.27. The highest BCUT2D eigenvalue weighted by molar-refractivity contribution is 5.90. The van der Waals surface area contributed by atoms with Crippen LogP contribution < -0.4 is 0 Å². The summed E-state index contributed by atoms with van der Waals surface area (Å²) in [5, 5.41) is 11.3. The van der Waals surface area contributed by atoms with Gasteiger partial charge in [0.05, 0.1) is 0 Å². The summed E-state index contributed by atoms with van der Waals surface area (Å²) < 4.78 is 4.99. The van der Waals surface area contributed by atoms with Crippen molar-refractivity contribution in [3.8, 4) is 5.75 Å². The van der Waals surface area contributed by atoms with Crippen LogP contribution in [-0.4, -0.2) is 11.1 Å². The summed E-state index contributed by atoms with van der Waals surface area (Å²) in [5.74, 6) is -0.235. The molecule has 0 bridgehead atoms. The molecule has 0 saturated carbocycles. The smallest absolute Gasteiger partial charge is 0.330 e. The van der Waals surface area contributed by atoms with Gasteiger partial charge < -0.3 is 9.84 Å². The second-order valence-electron chi connectivity index (χ2n) is 3.60. The van der Waals surface area contributed by atoms with Crippen molar-refractivity contribution in [2.75, 3.05) is 0 Å². The van der Waals surface area contributed by atoms with Gasteiger partial charge in [0.15, 0.2) is 0 Å². The molecule has 1 N–H and O–H groups in total. The van der Waals surface area contributed by atoms with Crippen molar-refractivity contribution in [3.63, 3.8) is 0 Å². The zero-order chi connectivity index (χ0) is 12.3. The number of carbonyl (C=O) groups is 1. The minimum absolute atomic E-state index is 0.172. The van der Waals surface area contributed by atoms with E-state index in [1.54, 1.807) is 12.1 Å². The third-order valence-electron chi connectivity index (χ3n) is 2.53. The largest absolute Gasteiger partial charge is 0.507 e. The highest BCUT2D eigenvalue weighted by Gasteiger charge is 2.05. The van der Waals surface area contributed by atoms with Gasteiger partial charge in [-0.1, -0.05) is 36.9 Å². The summed E-state index contributed by atoms with van der Waals surface area (Å²) >= 11 is 0. The molecule has 0 unspecified atom stereocenters. The molecule has 0 aromatic heterocycles. The van der Waals surface area contributed by atoms with Gasteiger partial charge in [-0.25, -0.2) is 4.79 Å². The second-order valence-corrected chi connectivity index (χ2v) is 3.60. The van der Waals surface area contributed by atoms with Crippen LogP contribution in [0.4, 0.5) is 0 Å². The molecular formula is C14H12O3. The van der Waals surface area contributed by atoms with Crippen molar-refractivity contribution in [2.24, 2.45) is 0 Å². The van der Waals surface area contributed by atoms with Crippen LogP contribution in [0.25, 0.3) is 10.8 Å². The molecule has 3 nitrogen and oxygen atoms in total. The quantitative estimate of drug-likeness (QED) is 0.649. The lowest BCUT2D eigenvalue weighted by atomic mass is 10.0. The van der Waals surface area contributed by atoms with E-state index in [0.717, 1.165) is 22.4 Å². The maximum atomic E-state index is 11.0. The molecule has 0 amide bonds. The molecule has 2 rings (SSSR count). The van der Waals surface area contributed by atoms with Crippen molar-refractivity contribution < 1.29 is 14.6 Å². The van der Waals surface area contributed by atoms with Gasteiger partial charge in [-0.2, -0.15) is 0 Å². The number of fused-ring (bicyclic) bond motifs is 1. The predicted octanol–water partition coefficient (Wildman–Crippen LogP) is 2.77. The van der Waals surface area contributed by atoms with Crippen LogP contribution in [0.15, 0.2) is 49.1 Å². The van der Waals surface area contributed by atoms with Crippen molar-refractivity contribution in [1.29, 1.82) is 0 Å². The Hall–Kier alpha value is -2.29. The van der Waals surface area contributed by atoms with Crippen LogP contribution in [0, 0.1) is 0 Å². The molecule has 3 heteroatoms. The first kappa shape index (κ1) is 11.2. The first-order valence-electron chi connectivity index (χ1n) is 5.21. The Kier molecular flexibility index (Phi) is 3.10. The fourth-order valence-corrected chi connectivity index (χ4v) is 1.69. The van der Waals surface area contributed by atoms with E-state index in [2.05, 4.69) is 6.58 Å². The fraction of sp³-hybridized carbons (Fsp3) is 0.0714. The molecule has 0 aliphatic rings. The van der Waals surface area contributed by atoms with Gasteiger partial charge in [-0.15, -0.1) is 0 Å². The van der Waals surface area contributed by atoms with E-state index in [-0.39, 0.29) is 12.4 Å². The molecule has 17 heavy (non-hydrogen) atoms. The van der Waals surface area contributed by atoms with E-state index in [4.69, 9.17) is 4.74 Å². The van der Waals surface area contributed by atoms with Gasteiger partial charge in [0.2, 0.25) is 0 Å². The maximum absolute atomic E-state index is 11.0. The van der Waals surface area contributed by atoms with E-state index in [9.17, 15) is 9.90 Å². The van der Waals surface area contributed by atoms with Crippen LogP contribution in [0.2, 0.25) is 0 Å². The number of carbonyl (C=O) groups excluding carboxylic acids is 1. The molecule has 0 fully saturated rings. The van der Waals surface area contributed by atoms with Gasteiger partial charge in [0, 0.05) is 11.5 Å². The first-order chi connectivity index (χ1) is 8.22. The van der Waals surface area contributed by atoms with Crippen LogP contribution in [0.5, 0.6) is 5.75 Å². The lowest BCUT2D eigenvalue weighted by molar-refractivity contribution is -0.138. The summed E-state index contributed by atoms with van der Waals surface area (Å²) in [6.45, 7) is 3.51. The number of ether oxygens (including phenoxy) is 1. The van der Waals surface area contributed by atoms with Crippen molar-refractivity contribution in [2.45, 2.75) is 6.61 Å². The number of benzene rings is 2. The topological polar surface area (TPSA) is 46.5 Å². The van der Waals surface area contributed by atoms with Crippen molar-refractivity contribution >= 4 is 16.7 Å². The van der Waals surface area contributed by atoms with Crippen molar-refractivity contribution in [1.82, 2.24) is 0 Å². The minimum atomic E-state index is -0.456. The van der Waals surface area contributed by atoms with Crippen LogP contribution in [0.3, 0.4) is 0 Å². The third kappa shape index (κ3) is 2.28. The second kappa shape index (κ2) is 4.70. The van der Waals surface area contributed by atoms with Gasteiger partial charge >= 0.3 is 5.97 Å². The number of phenols is 1. The number of phenolic OH excluding ortho intramolecular Hbond substituents is 1. The summed E-state index contributed by atoms with van der Waals surface area (Å²) in [4.78, 5) is 11.0. The first-order valence-corrected chi connectivity index (χ1v) is 5.21. The molecule has 0 heterocycles. The summed E-state index contributed by atoms with van der Waals surface area (Å²) in [5.41, 5.74) is 0.855. The van der Waals surface area contributed by atoms with Crippen LogP contribution in [-0.2, 0) is 16.1 Å². The standard InChI is InChI=1S/C14H12O3/c1-2-14(16)17-9-10-5-3-7-12-11(10)6-4-8-13(12)15/h2-8,15H,1,9H2. The molecule has 0 saturated heterocycles. The number of hydrogen-bond acceptors (Lipinski definition) is 3. The monoisotopic (exact) mass is 228 g/mol. The van der Waals surface area contributed by atoms with Gasteiger partial charge in [0.25, 0.3) is 0 Å². The molecule has 0 radical (unpaired) electrons. The molecular weight excluding hydrogens is 216 g/mol. The Labute approximate surface area is 99.0 Å². The summed E-state index contributed by atoms with van der Waals surface area (Å²) in [6, 6.07) is 10.8. The van der Waals surface area contributed by atoms with Gasteiger partial charge in [-0.3, -0.25) is 0 Å². The van der Waals surface area contributed by atoms with E-state index >= 15 is 0 Å². The number of esters is 1. The van der Waals surface area contributed by atoms with Crippen LogP contribution in [0.1, 0.15) is 5.56 Å². The number of aromatic hydroxyl groups is 1. The Morgan fingerprint density at radius 1 is 1.24 bits per heavy atom. The predicted molar refractivity (Wildman–Crippen MR) is 65.6 cm³/mol. The normalized spacial score (nSPS) is 10.1. The van der Waals surface area contributed by atoms with Gasteiger partial charge in [0.1, 0.15) is 12.4 Å².